The average Bonchev–Trinajstić information content (AvgIpc) is 3.28. The average molecular weight is 381 g/mol. The van der Waals surface area contributed by atoms with Crippen molar-refractivity contribution in [3.05, 3.63) is 84.0 Å². The van der Waals surface area contributed by atoms with Gasteiger partial charge in [-0.25, -0.2) is 9.97 Å². The molecule has 0 saturated carbocycles. The van der Waals surface area contributed by atoms with E-state index in [1.807, 2.05) is 24.3 Å². The summed E-state index contributed by atoms with van der Waals surface area (Å²) in [7, 11) is 0. The Hall–Kier alpha value is -4.44. The molecule has 7 heteroatoms. The van der Waals surface area contributed by atoms with Gasteiger partial charge < -0.3 is 15.5 Å². The zero-order valence-electron chi connectivity index (χ0n) is 15.2. The third kappa shape index (κ3) is 4.28. The van der Waals surface area contributed by atoms with Crippen LogP contribution >= 0.6 is 0 Å². The number of nitrogens with one attached hydrogen (secondary N) is 1. The van der Waals surface area contributed by atoms with Gasteiger partial charge in [-0.3, -0.25) is 4.79 Å². The van der Waals surface area contributed by atoms with E-state index in [1.165, 1.54) is 0 Å². The van der Waals surface area contributed by atoms with Crippen LogP contribution in [0.1, 0.15) is 21.6 Å². The van der Waals surface area contributed by atoms with Gasteiger partial charge in [0.05, 0.1) is 11.8 Å². The summed E-state index contributed by atoms with van der Waals surface area (Å²) >= 11 is 0. The fourth-order valence-corrected chi connectivity index (χ4v) is 2.57. The second-order valence-electron chi connectivity index (χ2n) is 6.01. The van der Waals surface area contributed by atoms with E-state index in [0.29, 0.717) is 34.3 Å². The first-order valence-electron chi connectivity index (χ1n) is 8.68. The van der Waals surface area contributed by atoms with Gasteiger partial charge in [0.15, 0.2) is 0 Å². The lowest BCUT2D eigenvalue weighted by atomic mass is 10.2. The first-order valence-corrected chi connectivity index (χ1v) is 8.68. The Kier molecular flexibility index (Phi) is 4.99. The van der Waals surface area contributed by atoms with Crippen LogP contribution in [0.3, 0.4) is 0 Å². The largest absolute Gasteiger partial charge is 0.464 e. The standard InChI is InChI=1S/C22H15N5O2/c23-21-19(20-2-1-11-29-20)13-25-22(27-21)26-17-6-3-15(4-7-17)5-8-18-12-16(14-28)9-10-24-18/h1-4,6-7,9-14H,(H3,23,25,26,27). The molecule has 3 heterocycles. The highest BCUT2D eigenvalue weighted by Crippen LogP contribution is 2.25. The zero-order valence-corrected chi connectivity index (χ0v) is 15.2. The summed E-state index contributed by atoms with van der Waals surface area (Å²) in [5.74, 6) is 7.28. The minimum Gasteiger partial charge on any atom is -0.464 e. The Balaban J connectivity index is 1.47. The number of furan rings is 1. The summed E-state index contributed by atoms with van der Waals surface area (Å²) in [6.45, 7) is 0. The van der Waals surface area contributed by atoms with Gasteiger partial charge in [0.2, 0.25) is 5.95 Å². The third-order valence-electron chi connectivity index (χ3n) is 4.00. The molecular weight excluding hydrogens is 366 g/mol. The number of pyridine rings is 1. The number of aromatic nitrogens is 3. The number of carbonyl (C=O) groups is 1. The molecule has 0 saturated heterocycles. The molecule has 0 aliphatic rings. The maximum Gasteiger partial charge on any atom is 0.229 e. The van der Waals surface area contributed by atoms with Crippen LogP contribution in [0, 0.1) is 11.8 Å². The van der Waals surface area contributed by atoms with Crippen LogP contribution in [0.15, 0.2) is 71.6 Å². The van der Waals surface area contributed by atoms with E-state index in [0.717, 1.165) is 17.5 Å². The van der Waals surface area contributed by atoms with Crippen molar-refractivity contribution < 1.29 is 9.21 Å². The number of rotatable bonds is 4. The van der Waals surface area contributed by atoms with Gasteiger partial charge in [-0.15, -0.1) is 0 Å². The first kappa shape index (κ1) is 17.9. The van der Waals surface area contributed by atoms with Gasteiger partial charge in [-0.2, -0.15) is 4.98 Å². The van der Waals surface area contributed by atoms with E-state index in [-0.39, 0.29) is 0 Å². The summed E-state index contributed by atoms with van der Waals surface area (Å²) in [5.41, 5.74) is 9.33. The minimum absolute atomic E-state index is 0.324. The number of aldehydes is 1. The van der Waals surface area contributed by atoms with E-state index in [2.05, 4.69) is 32.1 Å². The first-order chi connectivity index (χ1) is 14.2. The smallest absolute Gasteiger partial charge is 0.229 e. The van der Waals surface area contributed by atoms with Crippen LogP contribution in [0.4, 0.5) is 17.5 Å². The van der Waals surface area contributed by atoms with Gasteiger partial charge in [-0.1, -0.05) is 5.92 Å². The highest BCUT2D eigenvalue weighted by atomic mass is 16.3. The molecule has 0 aliphatic heterocycles. The Labute approximate surface area is 166 Å². The second kappa shape index (κ2) is 8.06. The highest BCUT2D eigenvalue weighted by Gasteiger charge is 2.09. The molecule has 3 N–H and O–H groups in total. The molecule has 3 aromatic heterocycles. The zero-order chi connectivity index (χ0) is 20.1. The minimum atomic E-state index is 0.324. The van der Waals surface area contributed by atoms with E-state index >= 15 is 0 Å². The lowest BCUT2D eigenvalue weighted by molar-refractivity contribution is 0.112. The molecule has 1 aromatic carbocycles. The molecule has 0 spiro atoms. The normalized spacial score (nSPS) is 10.1. The van der Waals surface area contributed by atoms with Gasteiger partial charge in [0.1, 0.15) is 23.6 Å². The summed E-state index contributed by atoms with van der Waals surface area (Å²) in [6.07, 6.45) is 5.51. The fraction of sp³-hybridized carbons (Fsp3) is 0. The molecule has 29 heavy (non-hydrogen) atoms. The fourth-order valence-electron chi connectivity index (χ4n) is 2.57. The second-order valence-corrected chi connectivity index (χ2v) is 6.01. The van der Waals surface area contributed by atoms with Crippen molar-refractivity contribution in [3.63, 3.8) is 0 Å². The van der Waals surface area contributed by atoms with Gasteiger partial charge in [0.25, 0.3) is 0 Å². The molecule has 0 amide bonds. The van der Waals surface area contributed by atoms with E-state index in [9.17, 15) is 4.79 Å². The number of nitrogens with two attached hydrogens (primary N) is 1. The molecule has 0 radical (unpaired) electrons. The quantitative estimate of drug-likeness (QED) is 0.410. The molecule has 7 nitrogen and oxygen atoms in total. The van der Waals surface area contributed by atoms with Crippen molar-refractivity contribution in [2.75, 3.05) is 11.1 Å². The van der Waals surface area contributed by atoms with Crippen LogP contribution in [0.25, 0.3) is 11.3 Å². The lowest BCUT2D eigenvalue weighted by Gasteiger charge is -2.07. The van der Waals surface area contributed by atoms with Crippen molar-refractivity contribution in [2.45, 2.75) is 0 Å². The molecule has 0 unspecified atom stereocenters. The van der Waals surface area contributed by atoms with Crippen molar-refractivity contribution in [1.82, 2.24) is 15.0 Å². The predicted octanol–water partition coefficient (Wildman–Crippen LogP) is 3.67. The summed E-state index contributed by atoms with van der Waals surface area (Å²) < 4.78 is 5.32. The lowest BCUT2D eigenvalue weighted by Crippen LogP contribution is -2.01. The third-order valence-corrected chi connectivity index (χ3v) is 4.00. The van der Waals surface area contributed by atoms with Gasteiger partial charge in [-0.05, 0) is 54.5 Å². The van der Waals surface area contributed by atoms with Crippen molar-refractivity contribution in [1.29, 1.82) is 0 Å². The molecule has 4 rings (SSSR count). The van der Waals surface area contributed by atoms with Crippen LogP contribution in [0.2, 0.25) is 0 Å². The van der Waals surface area contributed by atoms with Gasteiger partial charge in [0, 0.05) is 29.2 Å². The predicted molar refractivity (Wildman–Crippen MR) is 109 cm³/mol. The Bertz CT molecular complexity index is 1210. The van der Waals surface area contributed by atoms with E-state index in [4.69, 9.17) is 10.2 Å². The highest BCUT2D eigenvalue weighted by molar-refractivity contribution is 5.75. The van der Waals surface area contributed by atoms with E-state index < -0.39 is 0 Å². The number of benzene rings is 1. The Morgan fingerprint density at radius 1 is 1.07 bits per heavy atom. The number of hydrogen-bond donors (Lipinski definition) is 2. The molecule has 0 aliphatic carbocycles. The van der Waals surface area contributed by atoms with E-state index in [1.54, 1.807) is 42.9 Å². The van der Waals surface area contributed by atoms with Crippen molar-refractivity contribution >= 4 is 23.7 Å². The van der Waals surface area contributed by atoms with Crippen molar-refractivity contribution in [2.24, 2.45) is 0 Å². The monoisotopic (exact) mass is 381 g/mol. The molecule has 0 atom stereocenters. The topological polar surface area (TPSA) is 107 Å². The van der Waals surface area contributed by atoms with Crippen LogP contribution in [-0.4, -0.2) is 21.2 Å². The summed E-state index contributed by atoms with van der Waals surface area (Å²) in [5, 5.41) is 3.10. The maximum absolute atomic E-state index is 10.8. The number of anilines is 3. The Morgan fingerprint density at radius 2 is 1.93 bits per heavy atom. The molecule has 0 fully saturated rings. The van der Waals surface area contributed by atoms with Gasteiger partial charge >= 0.3 is 0 Å². The van der Waals surface area contributed by atoms with Crippen molar-refractivity contribution in [3.8, 4) is 23.2 Å². The molecule has 0 bridgehead atoms. The summed E-state index contributed by atoms with van der Waals surface area (Å²) in [6, 6.07) is 14.3. The maximum atomic E-state index is 10.8. The van der Waals surface area contributed by atoms with Crippen LogP contribution < -0.4 is 11.1 Å². The Morgan fingerprint density at radius 3 is 2.66 bits per heavy atom. The SMILES string of the molecule is Nc1nc(Nc2ccc(C#Cc3cc(C=O)ccn3)cc2)ncc1-c1ccco1. The summed E-state index contributed by atoms with van der Waals surface area (Å²) in [4.78, 5) is 23.5. The molecular formula is C22H15N5O2. The number of carbonyl (C=O) groups excluding carboxylic acids is 1. The molecule has 4 aromatic rings. The number of nitrogen functional groups attached to an aromatic ring is 1. The van der Waals surface area contributed by atoms with Crippen LogP contribution in [-0.2, 0) is 0 Å². The molecule has 140 valence electrons. The van der Waals surface area contributed by atoms with Crippen LogP contribution in [0.5, 0.6) is 0 Å². The number of hydrogen-bond acceptors (Lipinski definition) is 7. The number of nitrogens with zero attached hydrogens (tertiary/aromatic N) is 3.